The van der Waals surface area contributed by atoms with Crippen LogP contribution in [0.1, 0.15) is 64.7 Å². The van der Waals surface area contributed by atoms with Crippen molar-refractivity contribution in [3.05, 3.63) is 12.2 Å². The minimum atomic E-state index is 0.306. The molecule has 3 nitrogen and oxygen atoms in total. The number of carbonyl (C=O) groups excluding carboxylic acids is 1. The van der Waals surface area contributed by atoms with Crippen LogP contribution >= 0.6 is 0 Å². The van der Waals surface area contributed by atoms with E-state index in [0.717, 1.165) is 5.92 Å². The van der Waals surface area contributed by atoms with Gasteiger partial charge in [-0.25, -0.2) is 0 Å². The van der Waals surface area contributed by atoms with Crippen LogP contribution in [0.15, 0.2) is 12.2 Å². The van der Waals surface area contributed by atoms with E-state index in [1.54, 1.807) is 6.92 Å². The fraction of sp³-hybridized carbons (Fsp3) is 0.842. The second-order valence-electron chi connectivity index (χ2n) is 7.55. The predicted octanol–water partition coefficient (Wildman–Crippen LogP) is 3.60. The van der Waals surface area contributed by atoms with Crippen LogP contribution in [-0.2, 0) is 4.79 Å². The highest BCUT2D eigenvalue weighted by molar-refractivity contribution is 5.74. The Kier molecular flexibility index (Phi) is 5.56. The molecule has 3 aliphatic rings. The third-order valence-corrected chi connectivity index (χ3v) is 5.91. The van der Waals surface area contributed by atoms with Gasteiger partial charge in [-0.05, 0) is 70.3 Å². The van der Waals surface area contributed by atoms with Gasteiger partial charge in [0, 0.05) is 32.1 Å². The van der Waals surface area contributed by atoms with Crippen LogP contribution in [0.3, 0.4) is 0 Å². The summed E-state index contributed by atoms with van der Waals surface area (Å²) in [6, 6.07) is 1.05. The number of hydrogen-bond acceptors (Lipinski definition) is 2. The first-order valence-corrected chi connectivity index (χ1v) is 9.40. The van der Waals surface area contributed by atoms with Crippen LogP contribution in [0.25, 0.3) is 0 Å². The number of nitrogens with zero attached hydrogens (tertiary/aromatic N) is 2. The zero-order chi connectivity index (χ0) is 15.4. The number of rotatable bonds is 4. The molecule has 0 radical (unpaired) electrons. The molecular weight excluding hydrogens is 272 g/mol. The Morgan fingerprint density at radius 2 is 1.82 bits per heavy atom. The molecule has 124 valence electrons. The lowest BCUT2D eigenvalue weighted by Crippen LogP contribution is -2.49. The van der Waals surface area contributed by atoms with Crippen LogP contribution in [0.4, 0.5) is 0 Å². The Labute approximate surface area is 135 Å². The van der Waals surface area contributed by atoms with Crippen molar-refractivity contribution in [2.45, 2.75) is 76.8 Å². The number of hydrogen-bond donors (Lipinski definition) is 0. The van der Waals surface area contributed by atoms with E-state index >= 15 is 0 Å². The Bertz CT molecular complexity index is 402. The van der Waals surface area contributed by atoms with Crippen LogP contribution in [0, 0.1) is 5.92 Å². The van der Waals surface area contributed by atoms with Gasteiger partial charge in [-0.15, -0.1) is 0 Å². The summed E-state index contributed by atoms with van der Waals surface area (Å²) < 4.78 is 0. The standard InChI is InChI=1S/C19H32N2O/c1-16(22)21(18-9-5-10-18)19-11-6-13-20(14-12-19)15-17-7-3-2-4-8-17/h2-3,17-19H,4-15H2,1H3. The van der Waals surface area contributed by atoms with Gasteiger partial charge in [0.2, 0.25) is 5.91 Å². The molecule has 1 heterocycles. The molecule has 2 atom stereocenters. The summed E-state index contributed by atoms with van der Waals surface area (Å²) >= 11 is 0. The van der Waals surface area contributed by atoms with E-state index in [-0.39, 0.29) is 0 Å². The van der Waals surface area contributed by atoms with Crippen LogP contribution in [0.2, 0.25) is 0 Å². The van der Waals surface area contributed by atoms with E-state index in [9.17, 15) is 4.79 Å². The summed E-state index contributed by atoms with van der Waals surface area (Å²) in [4.78, 5) is 17.0. The van der Waals surface area contributed by atoms with Gasteiger partial charge in [0.1, 0.15) is 0 Å². The zero-order valence-electron chi connectivity index (χ0n) is 14.2. The maximum Gasteiger partial charge on any atom is 0.219 e. The molecular formula is C19H32N2O. The summed E-state index contributed by atoms with van der Waals surface area (Å²) in [5.41, 5.74) is 0. The molecule has 2 aliphatic carbocycles. The molecule has 1 saturated heterocycles. The van der Waals surface area contributed by atoms with E-state index in [1.807, 2.05) is 0 Å². The van der Waals surface area contributed by atoms with Crippen LogP contribution in [0.5, 0.6) is 0 Å². The average molecular weight is 304 g/mol. The molecule has 3 rings (SSSR count). The van der Waals surface area contributed by atoms with Gasteiger partial charge in [-0.2, -0.15) is 0 Å². The third-order valence-electron chi connectivity index (χ3n) is 5.91. The van der Waals surface area contributed by atoms with Gasteiger partial charge < -0.3 is 9.80 Å². The van der Waals surface area contributed by atoms with Gasteiger partial charge in [0.15, 0.2) is 0 Å². The monoisotopic (exact) mass is 304 g/mol. The fourth-order valence-electron chi connectivity index (χ4n) is 4.46. The summed E-state index contributed by atoms with van der Waals surface area (Å²) in [6.07, 6.45) is 16.0. The quantitative estimate of drug-likeness (QED) is 0.741. The van der Waals surface area contributed by atoms with Gasteiger partial charge in [-0.3, -0.25) is 4.79 Å². The summed E-state index contributed by atoms with van der Waals surface area (Å²) in [5.74, 6) is 1.16. The normalized spacial score (nSPS) is 30.6. The summed E-state index contributed by atoms with van der Waals surface area (Å²) in [5, 5.41) is 0. The minimum Gasteiger partial charge on any atom is -0.337 e. The second kappa shape index (κ2) is 7.63. The summed E-state index contributed by atoms with van der Waals surface area (Å²) in [6.45, 7) is 5.45. The molecule has 0 N–H and O–H groups in total. The highest BCUT2D eigenvalue weighted by atomic mass is 16.2. The highest BCUT2D eigenvalue weighted by Crippen LogP contribution is 2.30. The van der Waals surface area contributed by atoms with Crippen molar-refractivity contribution in [2.75, 3.05) is 19.6 Å². The van der Waals surface area contributed by atoms with Crippen LogP contribution < -0.4 is 0 Å². The van der Waals surface area contributed by atoms with E-state index in [0.29, 0.717) is 18.0 Å². The largest absolute Gasteiger partial charge is 0.337 e. The van der Waals surface area contributed by atoms with Gasteiger partial charge in [-0.1, -0.05) is 12.2 Å². The molecule has 3 heteroatoms. The first kappa shape index (κ1) is 16.0. The Hall–Kier alpha value is -0.830. The SMILES string of the molecule is CC(=O)N(C1CCC1)C1CCCN(CC2CC=CCC2)CC1. The smallest absolute Gasteiger partial charge is 0.219 e. The van der Waals surface area contributed by atoms with E-state index < -0.39 is 0 Å². The first-order chi connectivity index (χ1) is 10.7. The Balaban J connectivity index is 1.52. The van der Waals surface area contributed by atoms with E-state index in [4.69, 9.17) is 0 Å². The van der Waals surface area contributed by atoms with Gasteiger partial charge >= 0.3 is 0 Å². The van der Waals surface area contributed by atoms with E-state index in [1.165, 1.54) is 77.4 Å². The Morgan fingerprint density at radius 3 is 2.45 bits per heavy atom. The fourth-order valence-corrected chi connectivity index (χ4v) is 4.46. The number of carbonyl (C=O) groups is 1. The lowest BCUT2D eigenvalue weighted by atomic mass is 9.89. The number of likely N-dealkylation sites (tertiary alicyclic amines) is 1. The molecule has 1 saturated carbocycles. The van der Waals surface area contributed by atoms with Crippen molar-refractivity contribution in [2.24, 2.45) is 5.92 Å². The van der Waals surface area contributed by atoms with Crippen molar-refractivity contribution in [1.29, 1.82) is 0 Å². The first-order valence-electron chi connectivity index (χ1n) is 9.40. The molecule has 1 amide bonds. The average Bonchev–Trinajstić information content (AvgIpc) is 2.69. The lowest BCUT2D eigenvalue weighted by Gasteiger charge is -2.42. The van der Waals surface area contributed by atoms with E-state index in [2.05, 4.69) is 22.0 Å². The maximum atomic E-state index is 12.1. The molecule has 2 unspecified atom stereocenters. The topological polar surface area (TPSA) is 23.6 Å². The number of allylic oxidation sites excluding steroid dienone is 2. The molecule has 0 aromatic heterocycles. The second-order valence-corrected chi connectivity index (χ2v) is 7.55. The van der Waals surface area contributed by atoms with Crippen molar-refractivity contribution in [3.63, 3.8) is 0 Å². The lowest BCUT2D eigenvalue weighted by molar-refractivity contribution is -0.136. The molecule has 0 bridgehead atoms. The molecule has 0 aromatic rings. The molecule has 22 heavy (non-hydrogen) atoms. The minimum absolute atomic E-state index is 0.306. The van der Waals surface area contributed by atoms with Gasteiger partial charge in [0.25, 0.3) is 0 Å². The molecule has 2 fully saturated rings. The van der Waals surface area contributed by atoms with Crippen molar-refractivity contribution < 1.29 is 4.79 Å². The maximum absolute atomic E-state index is 12.1. The third kappa shape index (κ3) is 3.92. The van der Waals surface area contributed by atoms with Crippen molar-refractivity contribution in [3.8, 4) is 0 Å². The molecule has 0 aromatic carbocycles. The Morgan fingerprint density at radius 1 is 1.05 bits per heavy atom. The number of amides is 1. The van der Waals surface area contributed by atoms with Crippen molar-refractivity contribution >= 4 is 5.91 Å². The zero-order valence-corrected chi connectivity index (χ0v) is 14.2. The highest BCUT2D eigenvalue weighted by Gasteiger charge is 2.33. The van der Waals surface area contributed by atoms with Crippen LogP contribution in [-0.4, -0.2) is 47.4 Å². The summed E-state index contributed by atoms with van der Waals surface area (Å²) in [7, 11) is 0. The molecule has 1 aliphatic heterocycles. The predicted molar refractivity (Wildman–Crippen MR) is 90.7 cm³/mol. The molecule has 0 spiro atoms. The van der Waals surface area contributed by atoms with Gasteiger partial charge in [0.05, 0.1) is 0 Å². The van der Waals surface area contributed by atoms with Crippen molar-refractivity contribution in [1.82, 2.24) is 9.80 Å².